The van der Waals surface area contributed by atoms with Crippen LogP contribution in [-0.4, -0.2) is 26.6 Å². The van der Waals surface area contributed by atoms with Gasteiger partial charge in [0.1, 0.15) is 10.7 Å². The molecule has 0 aliphatic heterocycles. The summed E-state index contributed by atoms with van der Waals surface area (Å²) in [5.74, 6) is -0.639. The fourth-order valence-corrected chi connectivity index (χ4v) is 4.19. The number of hydrogen-bond acceptors (Lipinski definition) is 5. The van der Waals surface area contributed by atoms with Gasteiger partial charge in [-0.3, -0.25) is 14.9 Å². The molecule has 10 heteroatoms. The lowest BCUT2D eigenvalue weighted by molar-refractivity contribution is -0.115. The van der Waals surface area contributed by atoms with Crippen LogP contribution in [0.3, 0.4) is 0 Å². The number of anilines is 2. The minimum atomic E-state index is -0.416. The third-order valence-electron chi connectivity index (χ3n) is 4.47. The molecule has 32 heavy (non-hydrogen) atoms. The molecule has 2 heterocycles. The van der Waals surface area contributed by atoms with E-state index in [1.165, 1.54) is 16.0 Å². The van der Waals surface area contributed by atoms with Gasteiger partial charge < -0.3 is 5.32 Å². The highest BCUT2D eigenvalue weighted by molar-refractivity contribution is 7.14. The summed E-state index contributed by atoms with van der Waals surface area (Å²) >= 11 is 13.5. The number of para-hydroxylation sites is 1. The first-order chi connectivity index (χ1) is 15.4. The Morgan fingerprint density at radius 1 is 1.03 bits per heavy atom. The number of nitrogens with one attached hydrogen (secondary N) is 2. The maximum Gasteiger partial charge on any atom is 0.262 e. The Morgan fingerprint density at radius 3 is 2.47 bits per heavy atom. The molecule has 0 unspecified atom stereocenters. The molecule has 2 aromatic carbocycles. The summed E-state index contributed by atoms with van der Waals surface area (Å²) in [7, 11) is 0. The van der Waals surface area contributed by atoms with Crippen molar-refractivity contribution in [3.05, 3.63) is 87.1 Å². The van der Waals surface area contributed by atoms with Gasteiger partial charge in [-0.2, -0.15) is 5.10 Å². The number of halogens is 2. The molecule has 0 saturated heterocycles. The van der Waals surface area contributed by atoms with Crippen molar-refractivity contribution in [3.8, 4) is 5.69 Å². The summed E-state index contributed by atoms with van der Waals surface area (Å²) in [6.45, 7) is 1.72. The Bertz CT molecular complexity index is 1270. The van der Waals surface area contributed by atoms with E-state index in [4.69, 9.17) is 23.2 Å². The number of carbonyl (C=O) groups is 2. The van der Waals surface area contributed by atoms with Gasteiger partial charge in [-0.1, -0.05) is 41.4 Å². The molecule has 0 fully saturated rings. The van der Waals surface area contributed by atoms with Crippen LogP contribution in [0.1, 0.15) is 21.7 Å². The monoisotopic (exact) mass is 485 g/mol. The summed E-state index contributed by atoms with van der Waals surface area (Å²) in [5.41, 5.74) is 2.70. The molecule has 0 aliphatic carbocycles. The lowest BCUT2D eigenvalue weighted by atomic mass is 10.2. The van der Waals surface area contributed by atoms with E-state index in [0.717, 1.165) is 5.69 Å². The highest BCUT2D eigenvalue weighted by Crippen LogP contribution is 2.25. The molecule has 0 spiro atoms. The van der Waals surface area contributed by atoms with Crippen molar-refractivity contribution in [1.29, 1.82) is 0 Å². The van der Waals surface area contributed by atoms with Gasteiger partial charge in [-0.25, -0.2) is 9.67 Å². The van der Waals surface area contributed by atoms with E-state index in [9.17, 15) is 9.59 Å². The zero-order chi connectivity index (χ0) is 22.7. The summed E-state index contributed by atoms with van der Waals surface area (Å²) < 4.78 is 1.51. The van der Waals surface area contributed by atoms with Crippen molar-refractivity contribution in [1.82, 2.24) is 14.8 Å². The Balaban J connectivity index is 1.42. The first-order valence-electron chi connectivity index (χ1n) is 9.52. The SMILES string of the molecule is Cc1nn(-c2ccccc2)c(Cl)c1C(=O)Nc1nc(CC(=O)Nc2ccc(Cl)cc2)cs1. The second-order valence-corrected chi connectivity index (χ2v) is 8.48. The molecule has 162 valence electrons. The maximum atomic E-state index is 12.8. The van der Waals surface area contributed by atoms with Gasteiger partial charge in [0, 0.05) is 16.1 Å². The van der Waals surface area contributed by atoms with Crippen LogP contribution in [0.5, 0.6) is 0 Å². The molecule has 0 atom stereocenters. The number of aromatic nitrogens is 3. The minimum absolute atomic E-state index is 0.0702. The van der Waals surface area contributed by atoms with Crippen molar-refractivity contribution in [2.45, 2.75) is 13.3 Å². The second kappa shape index (κ2) is 9.52. The summed E-state index contributed by atoms with van der Waals surface area (Å²) in [4.78, 5) is 29.4. The largest absolute Gasteiger partial charge is 0.326 e. The van der Waals surface area contributed by atoms with Gasteiger partial charge in [0.15, 0.2) is 5.13 Å². The molecule has 0 saturated carbocycles. The molecular weight excluding hydrogens is 469 g/mol. The van der Waals surface area contributed by atoms with Gasteiger partial charge in [-0.15, -0.1) is 11.3 Å². The van der Waals surface area contributed by atoms with Crippen LogP contribution in [0, 0.1) is 6.92 Å². The van der Waals surface area contributed by atoms with Gasteiger partial charge in [-0.05, 0) is 43.3 Å². The lowest BCUT2D eigenvalue weighted by Crippen LogP contribution is -2.15. The van der Waals surface area contributed by atoms with E-state index in [0.29, 0.717) is 27.2 Å². The number of hydrogen-bond donors (Lipinski definition) is 2. The summed E-state index contributed by atoms with van der Waals surface area (Å²) in [6.07, 6.45) is 0.0702. The quantitative estimate of drug-likeness (QED) is 0.383. The van der Waals surface area contributed by atoms with E-state index in [-0.39, 0.29) is 23.0 Å². The van der Waals surface area contributed by atoms with E-state index in [1.54, 1.807) is 36.6 Å². The number of thiazole rings is 1. The number of nitrogens with zero attached hydrogens (tertiary/aromatic N) is 3. The number of aryl methyl sites for hydroxylation is 1. The Labute approximate surface area is 198 Å². The van der Waals surface area contributed by atoms with Crippen LogP contribution >= 0.6 is 34.5 Å². The minimum Gasteiger partial charge on any atom is -0.326 e. The van der Waals surface area contributed by atoms with E-state index in [2.05, 4.69) is 20.7 Å². The standard InChI is InChI=1S/C22H17Cl2N5O2S/c1-13-19(20(24)29(28-13)17-5-3-2-4-6-17)21(31)27-22-26-16(12-32-22)11-18(30)25-15-9-7-14(23)8-10-15/h2-10,12H,11H2,1H3,(H,25,30)(H,26,27,31). The van der Waals surface area contributed by atoms with Gasteiger partial charge >= 0.3 is 0 Å². The van der Waals surface area contributed by atoms with Crippen LogP contribution in [0.4, 0.5) is 10.8 Å². The van der Waals surface area contributed by atoms with Crippen molar-refractivity contribution >= 4 is 57.2 Å². The smallest absolute Gasteiger partial charge is 0.262 e. The fraction of sp³-hybridized carbons (Fsp3) is 0.0909. The summed E-state index contributed by atoms with van der Waals surface area (Å²) in [6, 6.07) is 16.1. The summed E-state index contributed by atoms with van der Waals surface area (Å²) in [5, 5.41) is 12.8. The van der Waals surface area contributed by atoms with E-state index in [1.807, 2.05) is 30.3 Å². The molecule has 0 bridgehead atoms. The van der Waals surface area contributed by atoms with Crippen molar-refractivity contribution in [2.75, 3.05) is 10.6 Å². The van der Waals surface area contributed by atoms with Crippen LogP contribution < -0.4 is 10.6 Å². The second-order valence-electron chi connectivity index (χ2n) is 6.83. The number of rotatable bonds is 6. The topological polar surface area (TPSA) is 88.9 Å². The number of amides is 2. The normalized spacial score (nSPS) is 10.7. The Kier molecular flexibility index (Phi) is 6.55. The maximum absolute atomic E-state index is 12.8. The zero-order valence-electron chi connectivity index (χ0n) is 16.8. The average molecular weight is 486 g/mol. The Hall–Kier alpha value is -3.20. The predicted molar refractivity (Wildman–Crippen MR) is 127 cm³/mol. The number of benzene rings is 2. The highest BCUT2D eigenvalue weighted by Gasteiger charge is 2.22. The molecule has 0 aliphatic rings. The molecule has 0 radical (unpaired) electrons. The van der Waals surface area contributed by atoms with Gasteiger partial charge in [0.25, 0.3) is 5.91 Å². The van der Waals surface area contributed by atoms with E-state index < -0.39 is 5.91 Å². The van der Waals surface area contributed by atoms with Crippen LogP contribution in [0.15, 0.2) is 60.0 Å². The van der Waals surface area contributed by atoms with Crippen molar-refractivity contribution in [3.63, 3.8) is 0 Å². The highest BCUT2D eigenvalue weighted by atomic mass is 35.5. The molecule has 4 rings (SSSR count). The molecule has 2 N–H and O–H groups in total. The molecule has 2 aromatic heterocycles. The van der Waals surface area contributed by atoms with Crippen LogP contribution in [0.25, 0.3) is 5.69 Å². The van der Waals surface area contributed by atoms with Crippen molar-refractivity contribution in [2.24, 2.45) is 0 Å². The lowest BCUT2D eigenvalue weighted by Gasteiger charge is -2.04. The third-order valence-corrected chi connectivity index (χ3v) is 5.88. The molecule has 2 amide bonds. The predicted octanol–water partition coefficient (Wildman–Crippen LogP) is 5.38. The Morgan fingerprint density at radius 2 is 1.75 bits per heavy atom. The van der Waals surface area contributed by atoms with Gasteiger partial charge in [0.05, 0.1) is 23.5 Å². The first-order valence-corrected chi connectivity index (χ1v) is 11.2. The third kappa shape index (κ3) is 4.99. The van der Waals surface area contributed by atoms with E-state index >= 15 is 0 Å². The first kappa shape index (κ1) is 22.0. The average Bonchev–Trinajstić information content (AvgIpc) is 3.33. The molecule has 7 nitrogen and oxygen atoms in total. The van der Waals surface area contributed by atoms with Crippen LogP contribution in [-0.2, 0) is 11.2 Å². The van der Waals surface area contributed by atoms with Crippen molar-refractivity contribution < 1.29 is 9.59 Å². The zero-order valence-corrected chi connectivity index (χ0v) is 19.1. The molecule has 4 aromatic rings. The number of carbonyl (C=O) groups excluding carboxylic acids is 2. The van der Waals surface area contributed by atoms with Gasteiger partial charge in [0.2, 0.25) is 5.91 Å². The molecular formula is C22H17Cl2N5O2S. The van der Waals surface area contributed by atoms with Crippen LogP contribution in [0.2, 0.25) is 10.2 Å². The fourth-order valence-electron chi connectivity index (χ4n) is 3.01.